The summed E-state index contributed by atoms with van der Waals surface area (Å²) in [6.45, 7) is 0.864. The van der Waals surface area contributed by atoms with E-state index in [9.17, 15) is 4.21 Å². The molecule has 3 unspecified atom stereocenters. The molecule has 1 saturated heterocycles. The fourth-order valence-corrected chi connectivity index (χ4v) is 3.00. The molecule has 0 aliphatic carbocycles. The second-order valence-electron chi connectivity index (χ2n) is 3.68. The Morgan fingerprint density at radius 2 is 2.43 bits per heavy atom. The summed E-state index contributed by atoms with van der Waals surface area (Å²) >= 11 is 0. The topological polar surface area (TPSA) is 72.5 Å². The number of aliphatic hydroxyl groups excluding tert-OH is 1. The molecule has 3 atom stereocenters. The first-order valence-electron chi connectivity index (χ1n) is 5.05. The average molecular weight is 221 g/mol. The Hall–Kier alpha value is 0.0300. The van der Waals surface area contributed by atoms with Gasteiger partial charge < -0.3 is 15.6 Å². The van der Waals surface area contributed by atoms with Gasteiger partial charge in [-0.2, -0.15) is 0 Å². The fraction of sp³-hybridized carbons (Fsp3) is 1.00. The first-order valence-corrected chi connectivity index (χ1v) is 6.54. The van der Waals surface area contributed by atoms with Crippen LogP contribution in [0, 0.1) is 0 Å². The number of rotatable bonds is 6. The Kier molecular flexibility index (Phi) is 5.62. The normalized spacial score (nSPS) is 26.3. The molecule has 84 valence electrons. The number of aliphatic hydroxyl groups is 1. The Morgan fingerprint density at radius 3 is 3.00 bits per heavy atom. The Balaban J connectivity index is 2.14. The van der Waals surface area contributed by atoms with E-state index in [-0.39, 0.29) is 18.8 Å². The molecule has 1 aliphatic rings. The summed E-state index contributed by atoms with van der Waals surface area (Å²) in [5.41, 5.74) is 5.67. The largest absolute Gasteiger partial charge is 0.396 e. The van der Waals surface area contributed by atoms with Gasteiger partial charge in [0, 0.05) is 41.6 Å². The van der Waals surface area contributed by atoms with E-state index in [4.69, 9.17) is 15.6 Å². The van der Waals surface area contributed by atoms with E-state index in [0.29, 0.717) is 17.9 Å². The highest BCUT2D eigenvalue weighted by Gasteiger charge is 2.19. The van der Waals surface area contributed by atoms with E-state index in [0.717, 1.165) is 19.4 Å². The lowest BCUT2D eigenvalue weighted by atomic mass is 10.3. The summed E-state index contributed by atoms with van der Waals surface area (Å²) in [5.74, 6) is 1.07. The lowest BCUT2D eigenvalue weighted by molar-refractivity contribution is 0.128. The van der Waals surface area contributed by atoms with Gasteiger partial charge in [0.1, 0.15) is 0 Å². The number of nitrogens with two attached hydrogens (primary N) is 1. The SMILES string of the molecule is NC(CCO)CS(=O)CC1CCCO1. The van der Waals surface area contributed by atoms with Crippen LogP contribution in [0.1, 0.15) is 19.3 Å². The zero-order chi connectivity index (χ0) is 10.4. The Bertz CT molecular complexity index is 183. The molecule has 0 saturated carbocycles. The van der Waals surface area contributed by atoms with Gasteiger partial charge in [-0.15, -0.1) is 0 Å². The summed E-state index contributed by atoms with van der Waals surface area (Å²) in [6.07, 6.45) is 2.78. The molecule has 1 fully saturated rings. The highest BCUT2D eigenvalue weighted by molar-refractivity contribution is 7.85. The third kappa shape index (κ3) is 4.50. The zero-order valence-electron chi connectivity index (χ0n) is 8.35. The molecular weight excluding hydrogens is 202 g/mol. The van der Waals surface area contributed by atoms with Crippen molar-refractivity contribution in [1.29, 1.82) is 0 Å². The average Bonchev–Trinajstić information content (AvgIpc) is 2.56. The van der Waals surface area contributed by atoms with Gasteiger partial charge >= 0.3 is 0 Å². The molecular formula is C9H19NO3S. The lowest BCUT2D eigenvalue weighted by Gasteiger charge is -2.12. The third-order valence-electron chi connectivity index (χ3n) is 2.30. The van der Waals surface area contributed by atoms with Gasteiger partial charge in [-0.1, -0.05) is 0 Å². The van der Waals surface area contributed by atoms with Gasteiger partial charge in [-0.3, -0.25) is 4.21 Å². The third-order valence-corrected chi connectivity index (χ3v) is 3.84. The van der Waals surface area contributed by atoms with E-state index in [2.05, 4.69) is 0 Å². The van der Waals surface area contributed by atoms with E-state index in [1.54, 1.807) is 0 Å². The molecule has 4 nitrogen and oxygen atoms in total. The second-order valence-corrected chi connectivity index (χ2v) is 5.23. The summed E-state index contributed by atoms with van der Waals surface area (Å²) in [4.78, 5) is 0. The van der Waals surface area contributed by atoms with Crippen LogP contribution in [0.15, 0.2) is 0 Å². The molecule has 0 aromatic rings. The predicted molar refractivity (Wildman–Crippen MR) is 56.5 cm³/mol. The van der Waals surface area contributed by atoms with Crippen molar-refractivity contribution in [2.45, 2.75) is 31.4 Å². The highest BCUT2D eigenvalue weighted by Crippen LogP contribution is 2.13. The van der Waals surface area contributed by atoms with Crippen molar-refractivity contribution >= 4 is 10.8 Å². The molecule has 1 aliphatic heterocycles. The van der Waals surface area contributed by atoms with Gasteiger partial charge in [0.25, 0.3) is 0 Å². The van der Waals surface area contributed by atoms with Crippen molar-refractivity contribution in [3.8, 4) is 0 Å². The van der Waals surface area contributed by atoms with Gasteiger partial charge in [0.2, 0.25) is 0 Å². The second kappa shape index (κ2) is 6.50. The molecule has 0 amide bonds. The van der Waals surface area contributed by atoms with Crippen LogP contribution in [0.25, 0.3) is 0 Å². The predicted octanol–water partition coefficient (Wildman–Crippen LogP) is -0.376. The summed E-state index contributed by atoms with van der Waals surface area (Å²) in [5, 5.41) is 8.63. The van der Waals surface area contributed by atoms with Crippen LogP contribution in [0.2, 0.25) is 0 Å². The number of hydrogen-bond donors (Lipinski definition) is 2. The minimum Gasteiger partial charge on any atom is -0.396 e. The molecule has 0 spiro atoms. The minimum atomic E-state index is -0.903. The Morgan fingerprint density at radius 1 is 1.64 bits per heavy atom. The van der Waals surface area contributed by atoms with Crippen molar-refractivity contribution in [1.82, 2.24) is 0 Å². The molecule has 0 aromatic heterocycles. The van der Waals surface area contributed by atoms with Crippen LogP contribution < -0.4 is 5.73 Å². The first-order chi connectivity index (χ1) is 6.72. The minimum absolute atomic E-state index is 0.0678. The molecule has 1 heterocycles. The van der Waals surface area contributed by atoms with E-state index in [1.165, 1.54) is 0 Å². The number of hydrogen-bond acceptors (Lipinski definition) is 4. The van der Waals surface area contributed by atoms with E-state index >= 15 is 0 Å². The Labute approximate surface area is 87.3 Å². The summed E-state index contributed by atoms with van der Waals surface area (Å²) in [7, 11) is -0.903. The molecule has 14 heavy (non-hydrogen) atoms. The molecule has 1 rings (SSSR count). The van der Waals surface area contributed by atoms with Gasteiger partial charge in [-0.05, 0) is 19.3 Å². The van der Waals surface area contributed by atoms with Crippen LogP contribution in [0.5, 0.6) is 0 Å². The maximum atomic E-state index is 11.6. The first kappa shape index (κ1) is 12.1. The highest BCUT2D eigenvalue weighted by atomic mass is 32.2. The van der Waals surface area contributed by atoms with Crippen molar-refractivity contribution < 1.29 is 14.1 Å². The van der Waals surface area contributed by atoms with Crippen LogP contribution in [-0.2, 0) is 15.5 Å². The smallest absolute Gasteiger partial charge is 0.0691 e. The summed E-state index contributed by atoms with van der Waals surface area (Å²) < 4.78 is 16.9. The van der Waals surface area contributed by atoms with Crippen LogP contribution in [-0.4, -0.2) is 46.2 Å². The maximum absolute atomic E-state index is 11.6. The van der Waals surface area contributed by atoms with E-state index in [1.807, 2.05) is 0 Å². The monoisotopic (exact) mass is 221 g/mol. The quantitative estimate of drug-likeness (QED) is 0.641. The zero-order valence-corrected chi connectivity index (χ0v) is 9.17. The van der Waals surface area contributed by atoms with Crippen molar-refractivity contribution in [2.75, 3.05) is 24.7 Å². The van der Waals surface area contributed by atoms with Crippen molar-refractivity contribution in [3.05, 3.63) is 0 Å². The van der Waals surface area contributed by atoms with E-state index < -0.39 is 10.8 Å². The lowest BCUT2D eigenvalue weighted by Crippen LogP contribution is -2.31. The van der Waals surface area contributed by atoms with Crippen LogP contribution in [0.4, 0.5) is 0 Å². The fourth-order valence-electron chi connectivity index (χ4n) is 1.54. The van der Waals surface area contributed by atoms with Crippen molar-refractivity contribution in [3.63, 3.8) is 0 Å². The maximum Gasteiger partial charge on any atom is 0.0691 e. The molecule has 3 N–H and O–H groups in total. The standard InChI is InChI=1S/C9H19NO3S/c10-8(3-4-11)6-14(12)7-9-2-1-5-13-9/h8-9,11H,1-7,10H2. The van der Waals surface area contributed by atoms with Crippen LogP contribution in [0.3, 0.4) is 0 Å². The molecule has 5 heteroatoms. The molecule has 0 bridgehead atoms. The summed E-state index contributed by atoms with van der Waals surface area (Å²) in [6, 6.07) is -0.151. The molecule has 0 radical (unpaired) electrons. The van der Waals surface area contributed by atoms with Gasteiger partial charge in [-0.25, -0.2) is 0 Å². The van der Waals surface area contributed by atoms with Gasteiger partial charge in [0.15, 0.2) is 0 Å². The molecule has 0 aromatic carbocycles. The van der Waals surface area contributed by atoms with Crippen molar-refractivity contribution in [2.24, 2.45) is 5.73 Å². The van der Waals surface area contributed by atoms with Crippen LogP contribution >= 0.6 is 0 Å². The number of ether oxygens (including phenoxy) is 1. The van der Waals surface area contributed by atoms with Gasteiger partial charge in [0.05, 0.1) is 6.10 Å².